The van der Waals surface area contributed by atoms with E-state index in [1.54, 1.807) is 7.11 Å². The van der Waals surface area contributed by atoms with Gasteiger partial charge in [-0.3, -0.25) is 9.69 Å². The molecule has 3 aromatic carbocycles. The molecule has 0 unspecified atom stereocenters. The lowest BCUT2D eigenvalue weighted by Gasteiger charge is -2.35. The quantitative estimate of drug-likeness (QED) is 0.430. The number of urea groups is 1. The minimum absolute atomic E-state index is 0.0722. The normalized spacial score (nSPS) is 13.9. The van der Waals surface area contributed by atoms with Gasteiger partial charge in [-0.2, -0.15) is 0 Å². The summed E-state index contributed by atoms with van der Waals surface area (Å²) in [4.78, 5) is 31.9. The van der Waals surface area contributed by atoms with Crippen LogP contribution in [0.3, 0.4) is 0 Å². The molecule has 38 heavy (non-hydrogen) atoms. The van der Waals surface area contributed by atoms with Crippen molar-refractivity contribution >= 4 is 23.7 Å². The average molecular weight is 513 g/mol. The number of anilines is 1. The zero-order valence-corrected chi connectivity index (χ0v) is 22.0. The molecule has 1 N–H and O–H groups in total. The molecule has 3 amide bonds. The number of para-hydroxylation sites is 2. The van der Waals surface area contributed by atoms with Gasteiger partial charge in [-0.15, -0.1) is 0 Å². The summed E-state index contributed by atoms with van der Waals surface area (Å²) < 4.78 is 5.44. The molecule has 1 saturated heterocycles. The third kappa shape index (κ3) is 7.95. The SMILES string of the molecule is COc1ccccc1/C=C/CN(CCN1CCN(C(=O)Nc2ccccc2)CC1)C(=O)Cc1ccccc1. The predicted octanol–water partition coefficient (Wildman–Crippen LogP) is 4.63. The van der Waals surface area contributed by atoms with E-state index in [-0.39, 0.29) is 11.9 Å². The number of ether oxygens (including phenoxy) is 1. The monoisotopic (exact) mass is 512 g/mol. The maximum absolute atomic E-state index is 13.3. The zero-order valence-electron chi connectivity index (χ0n) is 22.0. The summed E-state index contributed by atoms with van der Waals surface area (Å²) in [5.41, 5.74) is 2.79. The van der Waals surface area contributed by atoms with Gasteiger partial charge in [0.05, 0.1) is 13.5 Å². The van der Waals surface area contributed by atoms with E-state index in [0.29, 0.717) is 32.6 Å². The number of carbonyl (C=O) groups excluding carboxylic acids is 2. The molecule has 7 heteroatoms. The van der Waals surface area contributed by atoms with Crippen LogP contribution in [0.15, 0.2) is 91.0 Å². The number of benzene rings is 3. The first kappa shape index (κ1) is 26.9. The Morgan fingerprint density at radius 2 is 1.55 bits per heavy atom. The molecule has 1 aliphatic rings. The number of nitrogens with one attached hydrogen (secondary N) is 1. The van der Waals surface area contributed by atoms with Crippen molar-refractivity contribution < 1.29 is 14.3 Å². The van der Waals surface area contributed by atoms with Crippen molar-refractivity contribution in [3.8, 4) is 5.75 Å². The van der Waals surface area contributed by atoms with Gasteiger partial charge in [-0.1, -0.05) is 78.9 Å². The molecule has 3 aromatic rings. The van der Waals surface area contributed by atoms with Crippen molar-refractivity contribution in [1.29, 1.82) is 0 Å². The van der Waals surface area contributed by atoms with E-state index in [9.17, 15) is 9.59 Å². The van der Waals surface area contributed by atoms with Crippen molar-refractivity contribution in [2.45, 2.75) is 6.42 Å². The Morgan fingerprint density at radius 1 is 0.895 bits per heavy atom. The van der Waals surface area contributed by atoms with Crippen molar-refractivity contribution in [2.24, 2.45) is 0 Å². The number of amides is 3. The first-order valence-electron chi connectivity index (χ1n) is 13.1. The zero-order chi connectivity index (χ0) is 26.6. The molecule has 1 heterocycles. The number of rotatable bonds is 10. The molecule has 0 spiro atoms. The van der Waals surface area contributed by atoms with Crippen molar-refractivity contribution in [2.75, 3.05) is 58.2 Å². The third-order valence-electron chi connectivity index (χ3n) is 6.68. The lowest BCUT2D eigenvalue weighted by molar-refractivity contribution is -0.130. The molecule has 0 aliphatic carbocycles. The van der Waals surface area contributed by atoms with Gasteiger partial charge in [0.1, 0.15) is 5.75 Å². The Balaban J connectivity index is 1.32. The summed E-state index contributed by atoms with van der Waals surface area (Å²) >= 11 is 0. The highest BCUT2D eigenvalue weighted by atomic mass is 16.5. The molecule has 0 saturated carbocycles. The van der Waals surface area contributed by atoms with Crippen LogP contribution in [0, 0.1) is 0 Å². The lowest BCUT2D eigenvalue weighted by Crippen LogP contribution is -2.51. The van der Waals surface area contributed by atoms with Gasteiger partial charge in [0.2, 0.25) is 5.91 Å². The minimum Gasteiger partial charge on any atom is -0.496 e. The lowest BCUT2D eigenvalue weighted by atomic mass is 10.1. The highest BCUT2D eigenvalue weighted by molar-refractivity contribution is 5.89. The molecule has 1 aliphatic heterocycles. The Hall–Kier alpha value is -4.10. The third-order valence-corrected chi connectivity index (χ3v) is 6.68. The highest BCUT2D eigenvalue weighted by Crippen LogP contribution is 2.18. The molecule has 7 nitrogen and oxygen atoms in total. The fourth-order valence-electron chi connectivity index (χ4n) is 4.47. The summed E-state index contributed by atoms with van der Waals surface area (Å²) in [6.07, 6.45) is 4.40. The second-order valence-electron chi connectivity index (χ2n) is 9.27. The summed E-state index contributed by atoms with van der Waals surface area (Å²) in [6, 6.07) is 27.1. The van der Waals surface area contributed by atoms with Crippen LogP contribution in [-0.4, -0.2) is 79.6 Å². The van der Waals surface area contributed by atoms with Crippen LogP contribution in [0.5, 0.6) is 5.75 Å². The van der Waals surface area contributed by atoms with E-state index in [4.69, 9.17) is 4.74 Å². The fourth-order valence-corrected chi connectivity index (χ4v) is 4.47. The number of piperazine rings is 1. The van der Waals surface area contributed by atoms with Gasteiger partial charge >= 0.3 is 6.03 Å². The van der Waals surface area contributed by atoms with Crippen LogP contribution < -0.4 is 10.1 Å². The predicted molar refractivity (Wildman–Crippen MR) is 152 cm³/mol. The number of carbonyl (C=O) groups is 2. The first-order chi connectivity index (χ1) is 18.6. The van der Waals surface area contributed by atoms with Gasteiger partial charge in [0, 0.05) is 57.1 Å². The smallest absolute Gasteiger partial charge is 0.321 e. The van der Waals surface area contributed by atoms with E-state index >= 15 is 0 Å². The second kappa shape index (κ2) is 14.0. The Bertz CT molecular complexity index is 1190. The molecule has 0 atom stereocenters. The van der Waals surface area contributed by atoms with Crippen LogP contribution in [0.2, 0.25) is 0 Å². The summed E-state index contributed by atoms with van der Waals surface area (Å²) in [5, 5.41) is 2.96. The number of hydrogen-bond acceptors (Lipinski definition) is 4. The van der Waals surface area contributed by atoms with Crippen molar-refractivity contribution in [1.82, 2.24) is 14.7 Å². The molecular weight excluding hydrogens is 476 g/mol. The first-order valence-corrected chi connectivity index (χ1v) is 13.1. The number of hydrogen-bond donors (Lipinski definition) is 1. The van der Waals surface area contributed by atoms with Crippen LogP contribution in [0.25, 0.3) is 6.08 Å². The maximum atomic E-state index is 13.3. The largest absolute Gasteiger partial charge is 0.496 e. The summed E-state index contributed by atoms with van der Waals surface area (Å²) in [5.74, 6) is 0.904. The van der Waals surface area contributed by atoms with Gasteiger partial charge in [-0.05, 0) is 23.8 Å². The van der Waals surface area contributed by atoms with Gasteiger partial charge in [0.25, 0.3) is 0 Å². The topological polar surface area (TPSA) is 65.1 Å². The molecule has 0 radical (unpaired) electrons. The van der Waals surface area contributed by atoms with Crippen molar-refractivity contribution in [3.05, 3.63) is 102 Å². The average Bonchev–Trinajstić information content (AvgIpc) is 2.96. The Morgan fingerprint density at radius 3 is 2.26 bits per heavy atom. The molecule has 198 valence electrons. The second-order valence-corrected chi connectivity index (χ2v) is 9.27. The molecule has 0 bridgehead atoms. The van der Waals surface area contributed by atoms with Crippen LogP contribution >= 0.6 is 0 Å². The van der Waals surface area contributed by atoms with E-state index < -0.39 is 0 Å². The van der Waals surface area contributed by atoms with Crippen LogP contribution in [-0.2, 0) is 11.2 Å². The Labute approximate surface area is 225 Å². The minimum atomic E-state index is -0.0722. The number of methoxy groups -OCH3 is 1. The molecule has 0 aromatic heterocycles. The van der Waals surface area contributed by atoms with Gasteiger partial charge in [-0.25, -0.2) is 4.79 Å². The van der Waals surface area contributed by atoms with Crippen molar-refractivity contribution in [3.63, 3.8) is 0 Å². The number of nitrogens with zero attached hydrogens (tertiary/aromatic N) is 3. The van der Waals surface area contributed by atoms with E-state index in [2.05, 4.69) is 10.2 Å². The molecule has 4 rings (SSSR count). The van der Waals surface area contributed by atoms with E-state index in [1.165, 1.54) is 0 Å². The van der Waals surface area contributed by atoms with Gasteiger partial charge in [0.15, 0.2) is 0 Å². The summed E-state index contributed by atoms with van der Waals surface area (Å²) in [7, 11) is 1.66. The van der Waals surface area contributed by atoms with Crippen LogP contribution in [0.1, 0.15) is 11.1 Å². The molecular formula is C31H36N4O3. The Kier molecular flexibility index (Phi) is 9.93. The standard InChI is InChI=1S/C31H36N4O3/c1-38-29-17-9-8-13-27(29)14-10-18-34(30(36)25-26-11-4-2-5-12-26)22-19-33-20-23-35(24-21-33)31(37)32-28-15-6-3-7-16-28/h2-17H,18-25H2,1H3,(H,32,37)/b14-10+. The maximum Gasteiger partial charge on any atom is 0.321 e. The fraction of sp³-hybridized carbons (Fsp3) is 0.290. The van der Waals surface area contributed by atoms with E-state index in [1.807, 2.05) is 107 Å². The molecule has 1 fully saturated rings. The van der Waals surface area contributed by atoms with E-state index in [0.717, 1.165) is 42.2 Å². The highest BCUT2D eigenvalue weighted by Gasteiger charge is 2.22. The van der Waals surface area contributed by atoms with Crippen LogP contribution in [0.4, 0.5) is 10.5 Å². The summed E-state index contributed by atoms with van der Waals surface area (Å²) in [6.45, 7) is 4.77. The van der Waals surface area contributed by atoms with Gasteiger partial charge < -0.3 is 19.9 Å².